The van der Waals surface area contributed by atoms with E-state index >= 15 is 0 Å². The zero-order valence-corrected chi connectivity index (χ0v) is 9.50. The Morgan fingerprint density at radius 2 is 2.07 bits per heavy atom. The van der Waals surface area contributed by atoms with Gasteiger partial charge in [0, 0.05) is 11.6 Å². The van der Waals surface area contributed by atoms with E-state index in [1.807, 2.05) is 38.2 Å². The topological polar surface area (TPSA) is 41.1 Å². The smallest absolute Gasteiger partial charge is 0.137 e. The van der Waals surface area contributed by atoms with Gasteiger partial charge in [-0.3, -0.25) is 4.79 Å². The van der Waals surface area contributed by atoms with Crippen LogP contribution in [0.4, 0.5) is 5.69 Å². The minimum atomic E-state index is -0.0504. The molecule has 1 atom stereocenters. The van der Waals surface area contributed by atoms with Gasteiger partial charge in [-0.1, -0.05) is 25.1 Å². The van der Waals surface area contributed by atoms with Crippen molar-refractivity contribution in [1.29, 1.82) is 0 Å². The molecular formula is C12H18N2O. The monoisotopic (exact) mass is 206 g/mol. The third-order valence-electron chi connectivity index (χ3n) is 2.49. The van der Waals surface area contributed by atoms with Crippen LogP contribution in [0, 0.1) is 0 Å². The lowest BCUT2D eigenvalue weighted by molar-refractivity contribution is -0.118. The predicted molar refractivity (Wildman–Crippen MR) is 63.1 cm³/mol. The Kier molecular flexibility index (Phi) is 4.31. The first-order valence-corrected chi connectivity index (χ1v) is 5.14. The van der Waals surface area contributed by atoms with Crippen molar-refractivity contribution in [1.82, 2.24) is 5.32 Å². The summed E-state index contributed by atoms with van der Waals surface area (Å²) in [6, 6.07) is 7.91. The van der Waals surface area contributed by atoms with Crippen LogP contribution >= 0.6 is 0 Å². The van der Waals surface area contributed by atoms with Crippen LogP contribution in [0.2, 0.25) is 0 Å². The Morgan fingerprint density at radius 1 is 1.40 bits per heavy atom. The average Bonchev–Trinajstić information content (AvgIpc) is 2.25. The molecule has 15 heavy (non-hydrogen) atoms. The fraction of sp³-hybridized carbons (Fsp3) is 0.417. The largest absolute Gasteiger partial charge is 0.372 e. The average molecular weight is 206 g/mol. The summed E-state index contributed by atoms with van der Waals surface area (Å²) in [5.41, 5.74) is 2.08. The van der Waals surface area contributed by atoms with E-state index in [1.165, 1.54) is 0 Å². The van der Waals surface area contributed by atoms with E-state index < -0.39 is 0 Å². The van der Waals surface area contributed by atoms with Crippen molar-refractivity contribution in [3.8, 4) is 0 Å². The third kappa shape index (κ3) is 3.06. The number of anilines is 1. The lowest BCUT2D eigenvalue weighted by Gasteiger charge is -2.15. The molecule has 0 spiro atoms. The fourth-order valence-corrected chi connectivity index (χ4v) is 1.44. The van der Waals surface area contributed by atoms with Crippen LogP contribution in [0.25, 0.3) is 0 Å². The summed E-state index contributed by atoms with van der Waals surface area (Å²) >= 11 is 0. The van der Waals surface area contributed by atoms with Crippen molar-refractivity contribution in [3.05, 3.63) is 29.8 Å². The van der Waals surface area contributed by atoms with Crippen LogP contribution in [-0.4, -0.2) is 19.5 Å². The highest BCUT2D eigenvalue weighted by Gasteiger charge is 2.13. The van der Waals surface area contributed by atoms with Crippen LogP contribution in [0.5, 0.6) is 0 Å². The molecule has 82 valence electrons. The second-order valence-electron chi connectivity index (χ2n) is 3.63. The summed E-state index contributed by atoms with van der Waals surface area (Å²) < 4.78 is 0. The molecule has 1 aromatic carbocycles. The Morgan fingerprint density at radius 3 is 2.67 bits per heavy atom. The summed E-state index contributed by atoms with van der Waals surface area (Å²) in [5, 5.41) is 6.25. The van der Waals surface area contributed by atoms with Crippen molar-refractivity contribution in [2.75, 3.05) is 19.0 Å². The number of nitrogens with one attached hydrogen (secondary N) is 2. The fourth-order valence-electron chi connectivity index (χ4n) is 1.44. The van der Waals surface area contributed by atoms with Gasteiger partial charge in [0.2, 0.25) is 0 Å². The van der Waals surface area contributed by atoms with E-state index in [4.69, 9.17) is 0 Å². The molecule has 3 nitrogen and oxygen atoms in total. The lowest BCUT2D eigenvalue weighted by atomic mass is 9.96. The quantitative estimate of drug-likeness (QED) is 0.724. The van der Waals surface area contributed by atoms with E-state index in [0.717, 1.165) is 11.3 Å². The number of carbonyl (C=O) groups excluding carboxylic acids is 1. The van der Waals surface area contributed by atoms with Crippen LogP contribution < -0.4 is 10.6 Å². The molecule has 1 aromatic rings. The maximum Gasteiger partial charge on any atom is 0.137 e. The van der Waals surface area contributed by atoms with Gasteiger partial charge in [0.25, 0.3) is 0 Å². The highest BCUT2D eigenvalue weighted by molar-refractivity contribution is 5.84. The van der Waals surface area contributed by atoms with Crippen molar-refractivity contribution < 1.29 is 4.79 Å². The van der Waals surface area contributed by atoms with Crippen LogP contribution in [0.15, 0.2) is 24.3 Å². The van der Waals surface area contributed by atoms with Gasteiger partial charge in [0.1, 0.15) is 5.78 Å². The molecule has 0 aliphatic rings. The Hall–Kier alpha value is -1.35. The van der Waals surface area contributed by atoms with E-state index in [0.29, 0.717) is 6.67 Å². The zero-order valence-electron chi connectivity index (χ0n) is 9.50. The molecular weight excluding hydrogens is 188 g/mol. The molecule has 0 aromatic heterocycles. The number of hydrogen-bond donors (Lipinski definition) is 2. The van der Waals surface area contributed by atoms with E-state index in [-0.39, 0.29) is 11.7 Å². The number of para-hydroxylation sites is 1. The van der Waals surface area contributed by atoms with Gasteiger partial charge in [-0.05, 0) is 25.6 Å². The summed E-state index contributed by atoms with van der Waals surface area (Å²) in [6.45, 7) is 4.25. The van der Waals surface area contributed by atoms with Gasteiger partial charge < -0.3 is 10.6 Å². The lowest BCUT2D eigenvalue weighted by Crippen LogP contribution is -2.18. The van der Waals surface area contributed by atoms with Crippen molar-refractivity contribution in [2.24, 2.45) is 0 Å². The molecule has 0 aliphatic carbocycles. The molecule has 0 radical (unpaired) electrons. The normalized spacial score (nSPS) is 12.2. The molecule has 0 fully saturated rings. The maximum absolute atomic E-state index is 11.3. The standard InChI is InChI=1S/C12H18N2O/c1-9(10(2)15)11-6-4-5-7-12(11)14-8-13-3/h4-7,9,13-14H,8H2,1-3H3. The van der Waals surface area contributed by atoms with Gasteiger partial charge in [-0.2, -0.15) is 0 Å². The van der Waals surface area contributed by atoms with Crippen LogP contribution in [0.1, 0.15) is 25.3 Å². The number of hydrogen-bond acceptors (Lipinski definition) is 3. The van der Waals surface area contributed by atoms with Gasteiger partial charge in [0.05, 0.1) is 6.67 Å². The molecule has 1 unspecified atom stereocenters. The molecule has 0 saturated carbocycles. The predicted octanol–water partition coefficient (Wildman–Crippen LogP) is 1.97. The third-order valence-corrected chi connectivity index (χ3v) is 2.49. The van der Waals surface area contributed by atoms with Gasteiger partial charge in [-0.25, -0.2) is 0 Å². The second-order valence-corrected chi connectivity index (χ2v) is 3.63. The van der Waals surface area contributed by atoms with Crippen LogP contribution in [-0.2, 0) is 4.79 Å². The van der Waals surface area contributed by atoms with Crippen molar-refractivity contribution in [2.45, 2.75) is 19.8 Å². The van der Waals surface area contributed by atoms with E-state index in [9.17, 15) is 4.79 Å². The minimum absolute atomic E-state index is 0.0504. The zero-order chi connectivity index (χ0) is 11.3. The molecule has 0 saturated heterocycles. The minimum Gasteiger partial charge on any atom is -0.372 e. The summed E-state index contributed by atoms with van der Waals surface area (Å²) in [6.07, 6.45) is 0. The SMILES string of the molecule is CNCNc1ccccc1C(C)C(C)=O. The molecule has 2 N–H and O–H groups in total. The van der Waals surface area contributed by atoms with Crippen LogP contribution in [0.3, 0.4) is 0 Å². The molecule has 0 aliphatic heterocycles. The second kappa shape index (κ2) is 5.51. The summed E-state index contributed by atoms with van der Waals surface area (Å²) in [7, 11) is 1.88. The molecule has 0 heterocycles. The number of Topliss-reactive ketones (excluding diaryl/α,β-unsaturated/α-hetero) is 1. The summed E-state index contributed by atoms with van der Waals surface area (Å²) in [4.78, 5) is 11.3. The van der Waals surface area contributed by atoms with E-state index in [2.05, 4.69) is 10.6 Å². The Labute approximate surface area is 90.9 Å². The molecule has 0 amide bonds. The number of benzene rings is 1. The first-order chi connectivity index (χ1) is 7.16. The first kappa shape index (κ1) is 11.7. The number of ketones is 1. The van der Waals surface area contributed by atoms with Gasteiger partial charge in [0.15, 0.2) is 0 Å². The Balaban J connectivity index is 2.90. The number of carbonyl (C=O) groups is 1. The highest BCUT2D eigenvalue weighted by Crippen LogP contribution is 2.24. The first-order valence-electron chi connectivity index (χ1n) is 5.14. The van der Waals surface area contributed by atoms with Gasteiger partial charge in [-0.15, -0.1) is 0 Å². The molecule has 1 rings (SSSR count). The maximum atomic E-state index is 11.3. The van der Waals surface area contributed by atoms with E-state index in [1.54, 1.807) is 6.92 Å². The highest BCUT2D eigenvalue weighted by atomic mass is 16.1. The molecule has 3 heteroatoms. The molecule has 0 bridgehead atoms. The van der Waals surface area contributed by atoms with Crippen molar-refractivity contribution >= 4 is 11.5 Å². The van der Waals surface area contributed by atoms with Crippen molar-refractivity contribution in [3.63, 3.8) is 0 Å². The van der Waals surface area contributed by atoms with Gasteiger partial charge >= 0.3 is 0 Å². The summed E-state index contributed by atoms with van der Waals surface area (Å²) in [5.74, 6) is 0.138. The Bertz CT molecular complexity index is 336. The number of rotatable bonds is 5.